The summed E-state index contributed by atoms with van der Waals surface area (Å²) >= 11 is 0. The number of benzene rings is 1. The number of esters is 1. The first-order valence-corrected chi connectivity index (χ1v) is 7.11. The van der Waals surface area contributed by atoms with Gasteiger partial charge in [0.1, 0.15) is 5.70 Å². The van der Waals surface area contributed by atoms with Crippen molar-refractivity contribution < 1.29 is 9.53 Å². The van der Waals surface area contributed by atoms with Crippen LogP contribution in [0.4, 0.5) is 5.95 Å². The van der Waals surface area contributed by atoms with Crippen LogP contribution in [0.3, 0.4) is 0 Å². The Labute approximate surface area is 136 Å². The van der Waals surface area contributed by atoms with Gasteiger partial charge in [-0.05, 0) is 6.07 Å². The predicted molar refractivity (Wildman–Crippen MR) is 89.7 cm³/mol. The zero-order chi connectivity index (χ0) is 16.8. The number of rotatable bonds is 5. The number of carbonyl (C=O) groups is 1. The summed E-state index contributed by atoms with van der Waals surface area (Å²) in [5, 5.41) is 0. The van der Waals surface area contributed by atoms with Crippen LogP contribution in [-0.2, 0) is 9.53 Å². The molecule has 120 valence electrons. The van der Waals surface area contributed by atoms with Crippen molar-refractivity contribution in [2.75, 3.05) is 33.2 Å². The molecule has 0 unspecified atom stereocenters. The maximum absolute atomic E-state index is 12.0. The average molecular weight is 312 g/mol. The van der Waals surface area contributed by atoms with Gasteiger partial charge in [0.05, 0.1) is 12.8 Å². The number of hydrogen-bond donors (Lipinski definition) is 0. The summed E-state index contributed by atoms with van der Waals surface area (Å²) in [4.78, 5) is 24.2. The number of nitrogens with zero attached hydrogens (tertiary/aromatic N) is 4. The average Bonchev–Trinajstić information content (AvgIpc) is 2.59. The minimum Gasteiger partial charge on any atom is -0.464 e. The molecule has 1 aromatic heterocycles. The van der Waals surface area contributed by atoms with E-state index in [-0.39, 0.29) is 0 Å². The van der Waals surface area contributed by atoms with Gasteiger partial charge in [-0.3, -0.25) is 0 Å². The fourth-order valence-corrected chi connectivity index (χ4v) is 2.01. The second-order valence-electron chi connectivity index (χ2n) is 5.14. The molecule has 0 aliphatic carbocycles. The Hall–Kier alpha value is -2.89. The van der Waals surface area contributed by atoms with Gasteiger partial charge in [0, 0.05) is 39.1 Å². The zero-order valence-corrected chi connectivity index (χ0v) is 13.7. The van der Waals surface area contributed by atoms with Crippen molar-refractivity contribution >= 4 is 11.9 Å². The van der Waals surface area contributed by atoms with Crippen molar-refractivity contribution in [3.05, 3.63) is 54.5 Å². The van der Waals surface area contributed by atoms with E-state index in [2.05, 4.69) is 9.97 Å². The van der Waals surface area contributed by atoms with Crippen molar-refractivity contribution in [1.82, 2.24) is 14.9 Å². The van der Waals surface area contributed by atoms with E-state index in [0.29, 0.717) is 11.6 Å². The molecular weight excluding hydrogens is 292 g/mol. The van der Waals surface area contributed by atoms with Crippen molar-refractivity contribution in [2.24, 2.45) is 0 Å². The molecule has 23 heavy (non-hydrogen) atoms. The van der Waals surface area contributed by atoms with Crippen molar-refractivity contribution in [3.63, 3.8) is 0 Å². The normalized spacial score (nSPS) is 11.0. The van der Waals surface area contributed by atoms with Crippen LogP contribution in [0.2, 0.25) is 0 Å². The van der Waals surface area contributed by atoms with Gasteiger partial charge in [-0.2, -0.15) is 0 Å². The zero-order valence-electron chi connectivity index (χ0n) is 13.7. The van der Waals surface area contributed by atoms with Crippen LogP contribution in [0, 0.1) is 0 Å². The minimum absolute atomic E-state index is 0.350. The van der Waals surface area contributed by atoms with E-state index in [0.717, 1.165) is 11.3 Å². The third kappa shape index (κ3) is 4.06. The lowest BCUT2D eigenvalue weighted by molar-refractivity contribution is -0.136. The second-order valence-corrected chi connectivity index (χ2v) is 5.14. The van der Waals surface area contributed by atoms with Crippen molar-refractivity contribution in [3.8, 4) is 11.3 Å². The van der Waals surface area contributed by atoms with Crippen LogP contribution < -0.4 is 4.90 Å². The Bertz CT molecular complexity index is 699. The third-order valence-corrected chi connectivity index (χ3v) is 3.15. The molecule has 0 spiro atoms. The summed E-state index contributed by atoms with van der Waals surface area (Å²) in [5.41, 5.74) is 2.12. The van der Waals surface area contributed by atoms with Crippen LogP contribution in [0.1, 0.15) is 0 Å². The molecule has 1 heterocycles. The highest BCUT2D eigenvalue weighted by Crippen LogP contribution is 2.20. The fraction of sp³-hybridized carbons (Fsp3) is 0.235. The number of likely N-dealkylation sites (N-methyl/N-ethyl adjacent to an activating group) is 1. The van der Waals surface area contributed by atoms with E-state index in [1.165, 1.54) is 7.11 Å². The SMILES string of the molecule is COC(=O)/C(=C\N(C)C)N(C)c1nccc(-c2ccccc2)n1. The van der Waals surface area contributed by atoms with Gasteiger partial charge in [-0.25, -0.2) is 14.8 Å². The van der Waals surface area contributed by atoms with Gasteiger partial charge in [0.15, 0.2) is 0 Å². The highest BCUT2D eigenvalue weighted by Gasteiger charge is 2.19. The van der Waals surface area contributed by atoms with E-state index in [9.17, 15) is 4.79 Å². The molecule has 2 aromatic rings. The van der Waals surface area contributed by atoms with Crippen molar-refractivity contribution in [1.29, 1.82) is 0 Å². The van der Waals surface area contributed by atoms with E-state index >= 15 is 0 Å². The molecule has 0 radical (unpaired) electrons. The van der Waals surface area contributed by atoms with Crippen LogP contribution in [0.15, 0.2) is 54.5 Å². The Kier molecular flexibility index (Phi) is 5.30. The molecule has 1 aromatic carbocycles. The second kappa shape index (κ2) is 7.40. The van der Waals surface area contributed by atoms with Gasteiger partial charge >= 0.3 is 5.97 Å². The first-order valence-electron chi connectivity index (χ1n) is 7.11. The molecule has 0 fully saturated rings. The van der Waals surface area contributed by atoms with Crippen molar-refractivity contribution in [2.45, 2.75) is 0 Å². The highest BCUT2D eigenvalue weighted by molar-refractivity contribution is 5.91. The molecule has 6 heteroatoms. The molecular formula is C17H20N4O2. The van der Waals surface area contributed by atoms with E-state index in [1.54, 1.807) is 29.2 Å². The summed E-state index contributed by atoms with van der Waals surface area (Å²) in [7, 11) is 6.74. The Morgan fingerprint density at radius 2 is 1.83 bits per heavy atom. The summed E-state index contributed by atoms with van der Waals surface area (Å²) in [6, 6.07) is 11.6. The van der Waals surface area contributed by atoms with Crippen LogP contribution in [0.5, 0.6) is 0 Å². The van der Waals surface area contributed by atoms with Crippen LogP contribution >= 0.6 is 0 Å². The predicted octanol–water partition coefficient (Wildman–Crippen LogP) is 2.16. The van der Waals surface area contributed by atoms with Gasteiger partial charge in [-0.15, -0.1) is 0 Å². The maximum atomic E-state index is 12.0. The topological polar surface area (TPSA) is 58.6 Å². The third-order valence-electron chi connectivity index (χ3n) is 3.15. The van der Waals surface area contributed by atoms with Gasteiger partial charge in [-0.1, -0.05) is 30.3 Å². The monoisotopic (exact) mass is 312 g/mol. The van der Waals surface area contributed by atoms with E-state index in [1.807, 2.05) is 50.5 Å². The lowest BCUT2D eigenvalue weighted by Gasteiger charge is -2.20. The number of aromatic nitrogens is 2. The largest absolute Gasteiger partial charge is 0.464 e. The van der Waals surface area contributed by atoms with Gasteiger partial charge in [0.2, 0.25) is 5.95 Å². The maximum Gasteiger partial charge on any atom is 0.356 e. The first-order chi connectivity index (χ1) is 11.0. The summed E-state index contributed by atoms with van der Waals surface area (Å²) in [6.07, 6.45) is 3.34. The van der Waals surface area contributed by atoms with E-state index < -0.39 is 5.97 Å². The molecule has 0 saturated carbocycles. The first kappa shape index (κ1) is 16.5. The summed E-state index contributed by atoms with van der Waals surface area (Å²) in [6.45, 7) is 0. The lowest BCUT2D eigenvalue weighted by Crippen LogP contribution is -2.27. The van der Waals surface area contributed by atoms with Gasteiger partial charge in [0.25, 0.3) is 0 Å². The number of hydrogen-bond acceptors (Lipinski definition) is 6. The molecule has 0 N–H and O–H groups in total. The molecule has 0 amide bonds. The quantitative estimate of drug-likeness (QED) is 0.623. The molecule has 0 saturated heterocycles. The van der Waals surface area contributed by atoms with Gasteiger partial charge < -0.3 is 14.5 Å². The Morgan fingerprint density at radius 3 is 2.43 bits per heavy atom. The molecule has 0 atom stereocenters. The van der Waals surface area contributed by atoms with E-state index in [4.69, 9.17) is 4.74 Å². The molecule has 2 rings (SSSR count). The number of anilines is 1. The summed E-state index contributed by atoms with van der Waals surface area (Å²) < 4.78 is 4.84. The smallest absolute Gasteiger partial charge is 0.356 e. The molecule has 0 bridgehead atoms. The highest BCUT2D eigenvalue weighted by atomic mass is 16.5. The number of methoxy groups -OCH3 is 1. The number of carbonyl (C=O) groups excluding carboxylic acids is 1. The Balaban J connectivity index is 2.39. The molecule has 0 aliphatic rings. The number of ether oxygens (including phenoxy) is 1. The Morgan fingerprint density at radius 1 is 1.13 bits per heavy atom. The minimum atomic E-state index is -0.449. The molecule has 0 aliphatic heterocycles. The molecule has 6 nitrogen and oxygen atoms in total. The van der Waals surface area contributed by atoms with Crippen LogP contribution in [0.25, 0.3) is 11.3 Å². The lowest BCUT2D eigenvalue weighted by atomic mass is 10.1. The summed E-state index contributed by atoms with van der Waals surface area (Å²) in [5.74, 6) is -0.0280. The van der Waals surface area contributed by atoms with Crippen LogP contribution in [-0.4, -0.2) is 49.1 Å². The standard InChI is InChI=1S/C17H20N4O2/c1-20(2)12-15(16(22)23-4)21(3)17-18-11-10-14(19-17)13-8-6-5-7-9-13/h5-12H,1-4H3/b15-12+. The fourth-order valence-electron chi connectivity index (χ4n) is 2.01.